The number of ether oxygens (including phenoxy) is 3. The smallest absolute Gasteiger partial charge is 0.212 e. The summed E-state index contributed by atoms with van der Waals surface area (Å²) >= 11 is 0. The summed E-state index contributed by atoms with van der Waals surface area (Å²) in [4.78, 5) is 9.05. The van der Waals surface area contributed by atoms with Crippen LogP contribution in [0.25, 0.3) is 16.6 Å². The number of aromatic nitrogens is 2. The normalized spacial score (nSPS) is 19.0. The molecule has 2 aromatic heterocycles. The van der Waals surface area contributed by atoms with E-state index in [0.29, 0.717) is 58.3 Å². The maximum absolute atomic E-state index is 16.1. The third-order valence-corrected chi connectivity index (χ3v) is 12.3. The molecular formula is C30H40FN3O4Si. The first-order chi connectivity index (χ1) is 18.4. The lowest BCUT2D eigenvalue weighted by atomic mass is 9.98. The summed E-state index contributed by atoms with van der Waals surface area (Å²) in [6.07, 6.45) is 0.703. The van der Waals surface area contributed by atoms with Crippen LogP contribution in [0.15, 0.2) is 49.2 Å². The number of rotatable bonds is 9. The summed E-state index contributed by atoms with van der Waals surface area (Å²) in [7, 11) is 1.09. The molecule has 1 aliphatic rings. The second-order valence-electron chi connectivity index (χ2n) is 11.5. The molecule has 4 rings (SSSR count). The molecule has 1 saturated heterocycles. The van der Waals surface area contributed by atoms with Crippen molar-refractivity contribution in [1.29, 1.82) is 0 Å². The third kappa shape index (κ3) is 6.26. The van der Waals surface area contributed by atoms with Gasteiger partial charge in [0.2, 0.25) is 5.88 Å². The van der Waals surface area contributed by atoms with Crippen LogP contribution >= 0.6 is 0 Å². The zero-order valence-electron chi connectivity index (χ0n) is 24.0. The molecule has 1 aromatic carbocycles. The fraction of sp³-hybridized carbons (Fsp3) is 0.467. The van der Waals surface area contributed by atoms with Gasteiger partial charge in [-0.3, -0.25) is 0 Å². The Morgan fingerprint density at radius 1 is 1.18 bits per heavy atom. The van der Waals surface area contributed by atoms with Crippen LogP contribution < -0.4 is 14.8 Å². The van der Waals surface area contributed by atoms with E-state index < -0.39 is 14.5 Å². The highest BCUT2D eigenvalue weighted by Gasteiger charge is 2.41. The van der Waals surface area contributed by atoms with Gasteiger partial charge in [-0.2, -0.15) is 0 Å². The van der Waals surface area contributed by atoms with Gasteiger partial charge in [-0.05, 0) is 42.8 Å². The van der Waals surface area contributed by atoms with Gasteiger partial charge in [-0.25, -0.2) is 14.4 Å². The molecule has 7 nitrogen and oxygen atoms in total. The highest BCUT2D eigenvalue weighted by molar-refractivity contribution is 6.74. The van der Waals surface area contributed by atoms with Crippen molar-refractivity contribution in [2.45, 2.75) is 63.6 Å². The summed E-state index contributed by atoms with van der Waals surface area (Å²) in [6, 6.07) is 10.6. The number of hydrogen-bond acceptors (Lipinski definition) is 7. The molecule has 1 unspecified atom stereocenters. The monoisotopic (exact) mass is 553 g/mol. The number of halogens is 1. The fourth-order valence-corrected chi connectivity index (χ4v) is 5.81. The molecule has 1 N–H and O–H groups in total. The van der Waals surface area contributed by atoms with Crippen LogP contribution in [0.3, 0.4) is 0 Å². The third-order valence-electron chi connectivity index (χ3n) is 7.81. The second kappa shape index (κ2) is 11.6. The zero-order valence-corrected chi connectivity index (χ0v) is 25.0. The Morgan fingerprint density at radius 2 is 1.95 bits per heavy atom. The molecule has 0 amide bonds. The Morgan fingerprint density at radius 3 is 2.59 bits per heavy atom. The zero-order chi connectivity index (χ0) is 28.4. The van der Waals surface area contributed by atoms with E-state index in [0.717, 1.165) is 6.42 Å². The van der Waals surface area contributed by atoms with Crippen LogP contribution in [0.2, 0.25) is 18.1 Å². The van der Waals surface area contributed by atoms with Crippen molar-refractivity contribution in [2.75, 3.05) is 27.4 Å². The maximum Gasteiger partial charge on any atom is 0.212 e. The Bertz CT molecular complexity index is 1310. The van der Waals surface area contributed by atoms with E-state index in [2.05, 4.69) is 50.7 Å². The maximum atomic E-state index is 16.1. The minimum absolute atomic E-state index is 0.00838. The highest BCUT2D eigenvalue weighted by Crippen LogP contribution is 2.39. The summed E-state index contributed by atoms with van der Waals surface area (Å²) in [5.74, 6) is 0.991. The second-order valence-corrected chi connectivity index (χ2v) is 16.2. The van der Waals surface area contributed by atoms with Crippen LogP contribution in [0.5, 0.6) is 11.6 Å². The standard InChI is InChI=1S/C30H40FN3O4Si/c1-19(33-23-14-15-37-18-26(23)38-39(7,8)30(2,3)4)24-16-22(21-10-9-11-25(35-5)29(21)34-24)28(31)20-12-13-27(36-6)32-17-20/h9-13,16-17,23,26,28,33H,1,14-15,18H2,2-8H3/t23-,26-,28?/m0/s1. The summed E-state index contributed by atoms with van der Waals surface area (Å²) < 4.78 is 39.4. The van der Waals surface area contributed by atoms with E-state index in [9.17, 15) is 0 Å². The number of nitrogens with one attached hydrogen (secondary N) is 1. The van der Waals surface area contributed by atoms with Crippen LogP contribution in [0.4, 0.5) is 4.39 Å². The van der Waals surface area contributed by atoms with E-state index in [1.54, 1.807) is 25.3 Å². The van der Waals surface area contributed by atoms with Crippen molar-refractivity contribution in [3.05, 3.63) is 66.0 Å². The summed E-state index contributed by atoms with van der Waals surface area (Å²) in [5, 5.41) is 4.29. The van der Waals surface area contributed by atoms with E-state index >= 15 is 4.39 Å². The molecule has 0 aliphatic carbocycles. The molecule has 0 radical (unpaired) electrons. The number of para-hydroxylation sites is 1. The van der Waals surface area contributed by atoms with Gasteiger partial charge >= 0.3 is 0 Å². The number of alkyl halides is 1. The lowest BCUT2D eigenvalue weighted by Gasteiger charge is -2.43. The molecule has 1 fully saturated rings. The van der Waals surface area contributed by atoms with Crippen molar-refractivity contribution in [2.24, 2.45) is 0 Å². The van der Waals surface area contributed by atoms with Gasteiger partial charge in [-0.15, -0.1) is 0 Å². The first kappa shape index (κ1) is 29.0. The van der Waals surface area contributed by atoms with Gasteiger partial charge < -0.3 is 24.0 Å². The van der Waals surface area contributed by atoms with Crippen LogP contribution in [-0.2, 0) is 9.16 Å². The Labute approximate surface area is 231 Å². The number of fused-ring (bicyclic) bond motifs is 1. The average Bonchev–Trinajstić information content (AvgIpc) is 2.92. The molecule has 1 aliphatic heterocycles. The average molecular weight is 554 g/mol. The minimum Gasteiger partial charge on any atom is -0.494 e. The SMILES string of the molecule is C=C(N[C@H]1CCOC[C@@H]1O[Si](C)(C)C(C)(C)C)c1cc(C(F)c2ccc(OC)nc2)c2cccc(OC)c2n1. The summed E-state index contributed by atoms with van der Waals surface area (Å²) in [5.41, 5.74) is 2.59. The van der Waals surface area contributed by atoms with Gasteiger partial charge in [0.1, 0.15) is 11.3 Å². The van der Waals surface area contributed by atoms with Crippen molar-refractivity contribution < 1.29 is 23.0 Å². The molecular weight excluding hydrogens is 513 g/mol. The first-order valence-electron chi connectivity index (χ1n) is 13.3. The van der Waals surface area contributed by atoms with E-state index in [1.807, 2.05) is 18.2 Å². The molecule has 3 atom stereocenters. The lowest BCUT2D eigenvalue weighted by Crippen LogP contribution is -2.54. The van der Waals surface area contributed by atoms with E-state index in [1.165, 1.54) is 13.3 Å². The molecule has 210 valence electrons. The van der Waals surface area contributed by atoms with Gasteiger partial charge in [0, 0.05) is 35.4 Å². The van der Waals surface area contributed by atoms with Gasteiger partial charge in [0.25, 0.3) is 0 Å². The van der Waals surface area contributed by atoms with Crippen LogP contribution in [0.1, 0.15) is 50.2 Å². The molecule has 3 heterocycles. The number of pyridine rings is 2. The highest BCUT2D eigenvalue weighted by atomic mass is 28.4. The lowest BCUT2D eigenvalue weighted by molar-refractivity contribution is -0.0171. The molecule has 0 saturated carbocycles. The predicted molar refractivity (Wildman–Crippen MR) is 155 cm³/mol. The van der Waals surface area contributed by atoms with E-state index in [-0.39, 0.29) is 17.2 Å². The van der Waals surface area contributed by atoms with Gasteiger partial charge in [-0.1, -0.05) is 39.5 Å². The van der Waals surface area contributed by atoms with E-state index in [4.69, 9.17) is 23.6 Å². The van der Waals surface area contributed by atoms with Gasteiger partial charge in [0.05, 0.1) is 44.4 Å². The minimum atomic E-state index is -2.03. The topological polar surface area (TPSA) is 74.7 Å². The molecule has 39 heavy (non-hydrogen) atoms. The number of methoxy groups -OCH3 is 2. The molecule has 3 aromatic rings. The van der Waals surface area contributed by atoms with Crippen molar-refractivity contribution in [3.8, 4) is 11.6 Å². The number of nitrogens with zero attached hydrogens (tertiary/aromatic N) is 2. The first-order valence-corrected chi connectivity index (χ1v) is 16.2. The van der Waals surface area contributed by atoms with Crippen LogP contribution in [0, 0.1) is 0 Å². The summed E-state index contributed by atoms with van der Waals surface area (Å²) in [6.45, 7) is 16.6. The predicted octanol–water partition coefficient (Wildman–Crippen LogP) is 6.45. The van der Waals surface area contributed by atoms with Gasteiger partial charge in [0.15, 0.2) is 14.5 Å². The number of hydrogen-bond donors (Lipinski definition) is 1. The molecule has 9 heteroatoms. The Balaban J connectivity index is 1.68. The van der Waals surface area contributed by atoms with Crippen LogP contribution in [-0.4, -0.2) is 57.9 Å². The van der Waals surface area contributed by atoms with Crippen molar-refractivity contribution in [3.63, 3.8) is 0 Å². The number of benzene rings is 1. The largest absolute Gasteiger partial charge is 0.494 e. The Kier molecular flexibility index (Phi) is 8.63. The quantitative estimate of drug-likeness (QED) is 0.305. The van der Waals surface area contributed by atoms with Crippen molar-refractivity contribution >= 4 is 24.9 Å². The molecule has 0 bridgehead atoms. The van der Waals surface area contributed by atoms with Crippen molar-refractivity contribution in [1.82, 2.24) is 15.3 Å². The fourth-order valence-electron chi connectivity index (χ4n) is 4.47. The molecule has 0 spiro atoms. The Hall–Kier alpha value is -3.01.